The van der Waals surface area contributed by atoms with Crippen LogP contribution in [0.25, 0.3) is 0 Å². The van der Waals surface area contributed by atoms with E-state index in [2.05, 4.69) is 27.3 Å². The number of halogens is 1. The third-order valence-corrected chi connectivity index (χ3v) is 6.23. The van der Waals surface area contributed by atoms with Gasteiger partial charge in [-0.1, -0.05) is 24.3 Å². The monoisotopic (exact) mass is 434 g/mol. The van der Waals surface area contributed by atoms with Crippen LogP contribution < -0.4 is 10.5 Å². The van der Waals surface area contributed by atoms with Crippen molar-refractivity contribution in [3.05, 3.63) is 52.1 Å². The Hall–Kier alpha value is -0.930. The van der Waals surface area contributed by atoms with Crippen molar-refractivity contribution in [3.63, 3.8) is 0 Å². The van der Waals surface area contributed by atoms with Gasteiger partial charge in [0.1, 0.15) is 0 Å². The van der Waals surface area contributed by atoms with E-state index in [0.29, 0.717) is 17.1 Å². The lowest BCUT2D eigenvalue weighted by atomic mass is 10.3. The maximum Gasteiger partial charge on any atom is 0.233 e. The van der Waals surface area contributed by atoms with E-state index in [1.165, 1.54) is 11.8 Å². The molecule has 0 bridgehead atoms. The molecular formula is C14H15IN2O2S2. The Bertz CT molecular complexity index is 720. The molecule has 4 nitrogen and oxygen atoms in total. The molecule has 2 rings (SSSR count). The van der Waals surface area contributed by atoms with Crippen molar-refractivity contribution >= 4 is 55.8 Å². The number of anilines is 2. The lowest BCUT2D eigenvalue weighted by molar-refractivity contribution is 0.602. The minimum absolute atomic E-state index is 0.0387. The van der Waals surface area contributed by atoms with Gasteiger partial charge >= 0.3 is 0 Å². The molecule has 0 amide bonds. The highest BCUT2D eigenvalue weighted by atomic mass is 127. The maximum atomic E-state index is 12.1. The summed E-state index contributed by atoms with van der Waals surface area (Å²) < 4.78 is 27.6. The fourth-order valence-corrected chi connectivity index (χ4v) is 4.80. The Kier molecular flexibility index (Phi) is 5.77. The Morgan fingerprint density at radius 3 is 2.48 bits per heavy atom. The average molecular weight is 434 g/mol. The molecule has 3 N–H and O–H groups in total. The molecule has 2 aromatic rings. The Morgan fingerprint density at radius 2 is 1.76 bits per heavy atom. The van der Waals surface area contributed by atoms with E-state index in [-0.39, 0.29) is 5.75 Å². The molecule has 0 aliphatic carbocycles. The first kappa shape index (κ1) is 16.4. The van der Waals surface area contributed by atoms with Crippen molar-refractivity contribution in [2.75, 3.05) is 22.0 Å². The summed E-state index contributed by atoms with van der Waals surface area (Å²) >= 11 is 3.55. The zero-order valence-electron chi connectivity index (χ0n) is 11.1. The van der Waals surface area contributed by atoms with E-state index in [1.807, 2.05) is 30.3 Å². The second-order valence-electron chi connectivity index (χ2n) is 4.29. The summed E-state index contributed by atoms with van der Waals surface area (Å²) in [5, 5.41) is 0. The second-order valence-corrected chi connectivity index (χ2v) is 8.43. The predicted octanol–water partition coefficient (Wildman–Crippen LogP) is 3.41. The van der Waals surface area contributed by atoms with E-state index in [4.69, 9.17) is 5.73 Å². The Labute approximate surface area is 142 Å². The summed E-state index contributed by atoms with van der Waals surface area (Å²) in [5.41, 5.74) is 7.11. The largest absolute Gasteiger partial charge is 0.398 e. The highest BCUT2D eigenvalue weighted by Crippen LogP contribution is 2.25. The van der Waals surface area contributed by atoms with Gasteiger partial charge in [-0.05, 0) is 46.9 Å². The van der Waals surface area contributed by atoms with Gasteiger partial charge in [0.25, 0.3) is 0 Å². The molecule has 0 heterocycles. The fourth-order valence-electron chi connectivity index (χ4n) is 1.64. The molecule has 0 aliphatic heterocycles. The van der Waals surface area contributed by atoms with Crippen molar-refractivity contribution in [1.82, 2.24) is 0 Å². The molecule has 0 aliphatic rings. The first-order valence-corrected chi connectivity index (χ1v) is 9.92. The quantitative estimate of drug-likeness (QED) is 0.415. The van der Waals surface area contributed by atoms with Crippen molar-refractivity contribution < 1.29 is 8.42 Å². The minimum atomic E-state index is -3.36. The average Bonchev–Trinajstić information content (AvgIpc) is 2.43. The van der Waals surface area contributed by atoms with Crippen LogP contribution in [0.3, 0.4) is 0 Å². The lowest BCUT2D eigenvalue weighted by Gasteiger charge is -2.10. The van der Waals surface area contributed by atoms with Crippen LogP contribution in [-0.2, 0) is 10.0 Å². The number of hydrogen-bond acceptors (Lipinski definition) is 4. The molecule has 21 heavy (non-hydrogen) atoms. The SMILES string of the molecule is Nc1ccccc1SCCS(=O)(=O)Nc1ccccc1I. The Morgan fingerprint density at radius 1 is 1.10 bits per heavy atom. The van der Waals surface area contributed by atoms with Crippen molar-refractivity contribution in [2.24, 2.45) is 0 Å². The van der Waals surface area contributed by atoms with Gasteiger partial charge in [-0.2, -0.15) is 0 Å². The van der Waals surface area contributed by atoms with Crippen LogP contribution in [0.2, 0.25) is 0 Å². The number of benzene rings is 2. The van der Waals surface area contributed by atoms with Crippen molar-refractivity contribution in [2.45, 2.75) is 4.90 Å². The molecule has 0 atom stereocenters. The van der Waals surface area contributed by atoms with Crippen LogP contribution in [-0.4, -0.2) is 19.9 Å². The van der Waals surface area contributed by atoms with Crippen molar-refractivity contribution in [1.29, 1.82) is 0 Å². The van der Waals surface area contributed by atoms with Crippen LogP contribution in [0.5, 0.6) is 0 Å². The number of nitrogen functional groups attached to an aromatic ring is 1. The van der Waals surface area contributed by atoms with Crippen LogP contribution >= 0.6 is 34.4 Å². The zero-order chi connectivity index (χ0) is 15.3. The van der Waals surface area contributed by atoms with Crippen molar-refractivity contribution in [3.8, 4) is 0 Å². The molecule has 0 saturated carbocycles. The molecule has 112 valence electrons. The number of sulfonamides is 1. The van der Waals surface area contributed by atoms with Crippen LogP contribution in [0.4, 0.5) is 11.4 Å². The minimum Gasteiger partial charge on any atom is -0.398 e. The standard InChI is InChI=1S/C14H15IN2O2S2/c15-11-5-1-3-7-13(11)17-21(18,19)10-9-20-14-8-4-2-6-12(14)16/h1-8,17H,9-10,16H2. The molecule has 0 saturated heterocycles. The second kappa shape index (κ2) is 7.37. The van der Waals surface area contributed by atoms with Gasteiger partial charge in [-0.25, -0.2) is 8.42 Å². The van der Waals surface area contributed by atoms with Gasteiger partial charge in [-0.15, -0.1) is 11.8 Å². The topological polar surface area (TPSA) is 72.2 Å². The number of hydrogen-bond donors (Lipinski definition) is 2. The molecule has 0 radical (unpaired) electrons. The number of nitrogens with two attached hydrogens (primary N) is 1. The molecule has 0 fully saturated rings. The van der Waals surface area contributed by atoms with Gasteiger partial charge in [0.2, 0.25) is 10.0 Å². The van der Waals surface area contributed by atoms with E-state index in [0.717, 1.165) is 8.47 Å². The summed E-state index contributed by atoms with van der Waals surface area (Å²) in [5.74, 6) is 0.490. The van der Waals surface area contributed by atoms with Gasteiger partial charge < -0.3 is 5.73 Å². The number of para-hydroxylation sites is 2. The number of rotatable bonds is 6. The summed E-state index contributed by atoms with van der Waals surface area (Å²) in [6.07, 6.45) is 0. The molecule has 0 aromatic heterocycles. The van der Waals surface area contributed by atoms with Gasteiger partial charge in [-0.3, -0.25) is 4.72 Å². The summed E-state index contributed by atoms with van der Waals surface area (Å²) in [6.45, 7) is 0. The normalized spacial score (nSPS) is 11.3. The molecular weight excluding hydrogens is 419 g/mol. The van der Waals surface area contributed by atoms with Crippen LogP contribution in [0.15, 0.2) is 53.4 Å². The van der Waals surface area contributed by atoms with Gasteiger partial charge in [0.15, 0.2) is 0 Å². The third-order valence-electron chi connectivity index (χ3n) is 2.67. The summed E-state index contributed by atoms with van der Waals surface area (Å²) in [4.78, 5) is 0.905. The smallest absolute Gasteiger partial charge is 0.233 e. The van der Waals surface area contributed by atoms with E-state index < -0.39 is 10.0 Å². The van der Waals surface area contributed by atoms with Crippen LogP contribution in [0, 0.1) is 3.57 Å². The first-order valence-electron chi connectivity index (χ1n) is 6.20. The molecule has 7 heteroatoms. The maximum absolute atomic E-state index is 12.1. The molecule has 0 unspecified atom stereocenters. The number of nitrogens with one attached hydrogen (secondary N) is 1. The van der Waals surface area contributed by atoms with Gasteiger partial charge in [0.05, 0.1) is 11.4 Å². The highest BCUT2D eigenvalue weighted by Gasteiger charge is 2.12. The zero-order valence-corrected chi connectivity index (χ0v) is 14.9. The Balaban J connectivity index is 1.93. The van der Waals surface area contributed by atoms with Crippen LogP contribution in [0.1, 0.15) is 0 Å². The summed E-state index contributed by atoms with van der Waals surface area (Å²) in [6, 6.07) is 14.7. The fraction of sp³-hybridized carbons (Fsp3) is 0.143. The highest BCUT2D eigenvalue weighted by molar-refractivity contribution is 14.1. The summed E-state index contributed by atoms with van der Waals surface area (Å²) in [7, 11) is -3.36. The third kappa shape index (κ3) is 5.08. The predicted molar refractivity (Wildman–Crippen MR) is 98.1 cm³/mol. The number of thioether (sulfide) groups is 1. The van der Waals surface area contributed by atoms with E-state index >= 15 is 0 Å². The lowest BCUT2D eigenvalue weighted by Crippen LogP contribution is -2.18. The first-order chi connectivity index (χ1) is 9.98. The molecule has 0 spiro atoms. The van der Waals surface area contributed by atoms with E-state index in [9.17, 15) is 8.42 Å². The molecule has 2 aromatic carbocycles. The van der Waals surface area contributed by atoms with E-state index in [1.54, 1.807) is 18.2 Å². The van der Waals surface area contributed by atoms with Gasteiger partial charge in [0, 0.05) is 19.9 Å².